The van der Waals surface area contributed by atoms with Crippen molar-refractivity contribution in [2.45, 2.75) is 0 Å². The second kappa shape index (κ2) is 2.51. The van der Waals surface area contributed by atoms with Gasteiger partial charge in [-0.2, -0.15) is 0 Å². The molecule has 54 valence electrons. The monoisotopic (exact) mass is 160 g/mol. The Kier molecular flexibility index (Phi) is 1.51. The first kappa shape index (κ1) is 6.62. The molecule has 0 aliphatic carbocycles. The van der Waals surface area contributed by atoms with Gasteiger partial charge in [0.15, 0.2) is 0 Å². The molecule has 0 N–H and O–H groups in total. The third kappa shape index (κ3) is 0.976. The lowest BCUT2D eigenvalue weighted by atomic mass is 10.2. The van der Waals surface area contributed by atoms with Gasteiger partial charge >= 0.3 is 0 Å². The van der Waals surface area contributed by atoms with Gasteiger partial charge in [0.2, 0.25) is 0 Å². The number of fused-ring (bicyclic) bond motifs is 1. The second-order valence-electron chi connectivity index (χ2n) is 2.39. The van der Waals surface area contributed by atoms with E-state index in [0.717, 1.165) is 0 Å². The van der Waals surface area contributed by atoms with Crippen LogP contribution in [0.3, 0.4) is 0 Å². The molecule has 0 nitrogen and oxygen atoms in total. The lowest BCUT2D eigenvalue weighted by Gasteiger charge is -1.88. The molecule has 0 aliphatic rings. The lowest BCUT2D eigenvalue weighted by Crippen LogP contribution is -1.63. The highest BCUT2D eigenvalue weighted by Crippen LogP contribution is 2.25. The Balaban J connectivity index is 2.86. The van der Waals surface area contributed by atoms with Crippen LogP contribution < -0.4 is 0 Å². The van der Waals surface area contributed by atoms with Crippen molar-refractivity contribution in [2.75, 3.05) is 0 Å². The van der Waals surface area contributed by atoms with Crippen LogP contribution >= 0.6 is 11.3 Å². The smallest absolute Gasteiger partial charge is 0.0343 e. The number of thiophene rings is 1. The van der Waals surface area contributed by atoms with Crippen molar-refractivity contribution in [1.29, 1.82) is 0 Å². The van der Waals surface area contributed by atoms with Gasteiger partial charge in [0.1, 0.15) is 0 Å². The van der Waals surface area contributed by atoms with Crippen molar-refractivity contribution in [1.82, 2.24) is 0 Å². The Bertz CT molecular complexity index is 384. The summed E-state index contributed by atoms with van der Waals surface area (Å²) in [5.74, 6) is 0. The predicted molar refractivity (Wildman–Crippen MR) is 51.9 cm³/mol. The van der Waals surface area contributed by atoms with Crippen LogP contribution in [0.25, 0.3) is 16.8 Å². The second-order valence-corrected chi connectivity index (χ2v) is 3.30. The Hall–Kier alpha value is -1.08. The van der Waals surface area contributed by atoms with Crippen molar-refractivity contribution < 1.29 is 0 Å². The van der Waals surface area contributed by atoms with Crippen molar-refractivity contribution in [3.63, 3.8) is 0 Å². The molecule has 0 saturated heterocycles. The van der Waals surface area contributed by atoms with Crippen molar-refractivity contribution >= 4 is 28.2 Å². The van der Waals surface area contributed by atoms with E-state index in [1.165, 1.54) is 15.6 Å². The molecule has 0 radical (unpaired) electrons. The first-order chi connectivity index (χ1) is 5.42. The van der Waals surface area contributed by atoms with E-state index in [2.05, 4.69) is 36.2 Å². The third-order valence-electron chi connectivity index (χ3n) is 1.72. The Morgan fingerprint density at radius 2 is 2.09 bits per heavy atom. The summed E-state index contributed by atoms with van der Waals surface area (Å²) in [5, 5.41) is 4.78. The van der Waals surface area contributed by atoms with Gasteiger partial charge in [-0.3, -0.25) is 0 Å². The van der Waals surface area contributed by atoms with Crippen LogP contribution in [0.5, 0.6) is 0 Å². The molecular formula is C10H8S. The first-order valence-electron chi connectivity index (χ1n) is 3.50. The predicted octanol–water partition coefficient (Wildman–Crippen LogP) is 3.54. The maximum absolute atomic E-state index is 3.76. The van der Waals surface area contributed by atoms with Crippen LogP contribution in [0.2, 0.25) is 0 Å². The van der Waals surface area contributed by atoms with Gasteiger partial charge in [-0.05, 0) is 16.2 Å². The molecule has 1 aromatic heterocycles. The van der Waals surface area contributed by atoms with Crippen LogP contribution in [0, 0.1) is 0 Å². The molecule has 2 aromatic rings. The number of hydrogen-bond acceptors (Lipinski definition) is 1. The van der Waals surface area contributed by atoms with Crippen LogP contribution in [0.1, 0.15) is 4.88 Å². The first-order valence-corrected chi connectivity index (χ1v) is 4.38. The van der Waals surface area contributed by atoms with E-state index in [4.69, 9.17) is 0 Å². The van der Waals surface area contributed by atoms with Gasteiger partial charge in [0.05, 0.1) is 0 Å². The van der Waals surface area contributed by atoms with E-state index in [9.17, 15) is 0 Å². The summed E-state index contributed by atoms with van der Waals surface area (Å²) < 4.78 is 0. The summed E-state index contributed by atoms with van der Waals surface area (Å²) in [6, 6.07) is 8.37. The van der Waals surface area contributed by atoms with E-state index in [0.29, 0.717) is 0 Å². The highest BCUT2D eigenvalue weighted by molar-refractivity contribution is 7.12. The zero-order chi connectivity index (χ0) is 7.68. The molecule has 1 heteroatoms. The van der Waals surface area contributed by atoms with Crippen molar-refractivity contribution in [2.24, 2.45) is 0 Å². The normalized spacial score (nSPS) is 10.2. The topological polar surface area (TPSA) is 0 Å². The Morgan fingerprint density at radius 3 is 2.91 bits per heavy atom. The highest BCUT2D eigenvalue weighted by atomic mass is 32.1. The number of hydrogen-bond donors (Lipinski definition) is 0. The third-order valence-corrected chi connectivity index (χ3v) is 2.74. The number of benzene rings is 1. The van der Waals surface area contributed by atoms with Crippen LogP contribution in [-0.2, 0) is 0 Å². The number of rotatable bonds is 1. The summed E-state index contributed by atoms with van der Waals surface area (Å²) in [6.07, 6.45) is 1.91. The molecule has 1 aromatic carbocycles. The minimum absolute atomic E-state index is 1.26. The van der Waals surface area contributed by atoms with Gasteiger partial charge in [0, 0.05) is 4.88 Å². The largest absolute Gasteiger partial charge is 0.143 e. The van der Waals surface area contributed by atoms with E-state index >= 15 is 0 Å². The minimum Gasteiger partial charge on any atom is -0.143 e. The van der Waals surface area contributed by atoms with Crippen molar-refractivity contribution in [3.8, 4) is 0 Å². The maximum Gasteiger partial charge on any atom is 0.0343 e. The molecule has 2 rings (SSSR count). The van der Waals surface area contributed by atoms with Gasteiger partial charge in [0.25, 0.3) is 0 Å². The summed E-state index contributed by atoms with van der Waals surface area (Å²) >= 11 is 1.74. The van der Waals surface area contributed by atoms with E-state index in [-0.39, 0.29) is 0 Å². The zero-order valence-electron chi connectivity index (χ0n) is 6.08. The van der Waals surface area contributed by atoms with E-state index < -0.39 is 0 Å². The molecular weight excluding hydrogens is 152 g/mol. The highest BCUT2D eigenvalue weighted by Gasteiger charge is 1.97. The molecule has 11 heavy (non-hydrogen) atoms. The van der Waals surface area contributed by atoms with Crippen LogP contribution in [0.4, 0.5) is 0 Å². The summed E-state index contributed by atoms with van der Waals surface area (Å²) in [6.45, 7) is 3.76. The quantitative estimate of drug-likeness (QED) is 0.598. The molecule has 0 atom stereocenters. The molecule has 0 amide bonds. The Labute approximate surface area is 69.8 Å². The fourth-order valence-corrected chi connectivity index (χ4v) is 2.04. The maximum atomic E-state index is 3.76. The lowest BCUT2D eigenvalue weighted by molar-refractivity contribution is 1.84. The molecule has 1 heterocycles. The van der Waals surface area contributed by atoms with Gasteiger partial charge in [-0.15, -0.1) is 11.3 Å². The standard InChI is InChI=1S/C10H8S/c1-2-10-9-6-4-3-5-8(9)7-11-10/h2-7H,1H2. The zero-order valence-corrected chi connectivity index (χ0v) is 6.90. The fourth-order valence-electron chi connectivity index (χ4n) is 1.17. The molecule has 0 aliphatic heterocycles. The average Bonchev–Trinajstić information content (AvgIpc) is 2.47. The molecule has 0 fully saturated rings. The van der Waals surface area contributed by atoms with Crippen LogP contribution in [-0.4, -0.2) is 0 Å². The minimum atomic E-state index is 1.26. The Morgan fingerprint density at radius 1 is 1.27 bits per heavy atom. The van der Waals surface area contributed by atoms with Gasteiger partial charge < -0.3 is 0 Å². The average molecular weight is 160 g/mol. The van der Waals surface area contributed by atoms with Gasteiger partial charge in [-0.1, -0.05) is 36.9 Å². The molecule has 0 spiro atoms. The summed E-state index contributed by atoms with van der Waals surface area (Å²) in [4.78, 5) is 1.26. The fraction of sp³-hybridized carbons (Fsp3) is 0. The van der Waals surface area contributed by atoms with Gasteiger partial charge in [-0.25, -0.2) is 0 Å². The molecule has 0 bridgehead atoms. The van der Waals surface area contributed by atoms with E-state index in [1.54, 1.807) is 11.3 Å². The van der Waals surface area contributed by atoms with E-state index in [1.807, 2.05) is 6.08 Å². The van der Waals surface area contributed by atoms with Crippen molar-refractivity contribution in [3.05, 3.63) is 41.1 Å². The summed E-state index contributed by atoms with van der Waals surface area (Å²) in [7, 11) is 0. The summed E-state index contributed by atoms with van der Waals surface area (Å²) in [5.41, 5.74) is 0. The SMILES string of the molecule is C=Cc1scc2ccccc12. The van der Waals surface area contributed by atoms with Crippen LogP contribution in [0.15, 0.2) is 36.2 Å². The molecule has 0 unspecified atom stereocenters. The molecule has 0 saturated carbocycles.